The Morgan fingerprint density at radius 1 is 1.29 bits per heavy atom. The summed E-state index contributed by atoms with van der Waals surface area (Å²) in [4.78, 5) is 25.2. The summed E-state index contributed by atoms with van der Waals surface area (Å²) in [6.45, 7) is 1.17. The van der Waals surface area contributed by atoms with E-state index in [1.165, 1.54) is 6.20 Å². The van der Waals surface area contributed by atoms with Crippen LogP contribution in [0.1, 0.15) is 39.7 Å². The summed E-state index contributed by atoms with van der Waals surface area (Å²) < 4.78 is 6.73. The molecule has 1 aromatic carbocycles. The van der Waals surface area contributed by atoms with Gasteiger partial charge in [-0.15, -0.1) is 5.10 Å². The first-order valence-electron chi connectivity index (χ1n) is 7.67. The van der Waals surface area contributed by atoms with Gasteiger partial charge in [0, 0.05) is 18.7 Å². The maximum Gasteiger partial charge on any atom is 0.358 e. The summed E-state index contributed by atoms with van der Waals surface area (Å²) >= 11 is 0. The molecule has 3 rings (SSSR count). The van der Waals surface area contributed by atoms with E-state index in [9.17, 15) is 9.59 Å². The van der Waals surface area contributed by atoms with E-state index in [0.717, 1.165) is 0 Å². The molecule has 1 aliphatic rings. The summed E-state index contributed by atoms with van der Waals surface area (Å²) in [5.41, 5.74) is 0.534. The second kappa shape index (κ2) is 6.69. The molecule has 24 heavy (non-hydrogen) atoms. The number of methoxy groups -OCH3 is 1. The zero-order valence-corrected chi connectivity index (χ0v) is 13.3. The molecule has 8 nitrogen and oxygen atoms in total. The molecule has 0 spiro atoms. The highest BCUT2D eigenvalue weighted by Gasteiger charge is 2.26. The van der Waals surface area contributed by atoms with Crippen molar-refractivity contribution in [1.29, 1.82) is 0 Å². The normalized spacial score (nSPS) is 15.3. The van der Waals surface area contributed by atoms with Gasteiger partial charge < -0.3 is 14.7 Å². The third-order valence-electron chi connectivity index (χ3n) is 4.17. The molecule has 0 bridgehead atoms. The minimum atomic E-state index is -1.09. The fourth-order valence-corrected chi connectivity index (χ4v) is 2.83. The molecule has 1 amide bonds. The zero-order chi connectivity index (χ0) is 17.1. The number of carboxylic acid groups (broad SMARTS) is 1. The first-order chi connectivity index (χ1) is 11.6. The minimum Gasteiger partial charge on any atom is -0.497 e. The van der Waals surface area contributed by atoms with Gasteiger partial charge in [0.15, 0.2) is 5.69 Å². The van der Waals surface area contributed by atoms with E-state index >= 15 is 0 Å². The fourth-order valence-electron chi connectivity index (χ4n) is 2.83. The second-order valence-electron chi connectivity index (χ2n) is 5.64. The SMILES string of the molecule is COc1cccc(C(=O)N2CCC(n3cc(C(=O)O)nn3)CC2)c1. The van der Waals surface area contributed by atoms with Crippen molar-refractivity contribution in [1.82, 2.24) is 19.9 Å². The van der Waals surface area contributed by atoms with Crippen molar-refractivity contribution < 1.29 is 19.4 Å². The molecule has 1 N–H and O–H groups in total. The molecule has 1 aromatic heterocycles. The molecule has 8 heteroatoms. The number of ether oxygens (including phenoxy) is 1. The maximum atomic E-state index is 12.6. The first-order valence-corrected chi connectivity index (χ1v) is 7.67. The molecule has 1 aliphatic heterocycles. The molecule has 1 saturated heterocycles. The van der Waals surface area contributed by atoms with Crippen LogP contribution in [0.25, 0.3) is 0 Å². The molecule has 126 valence electrons. The molecule has 2 aromatic rings. The van der Waals surface area contributed by atoms with Gasteiger partial charge in [-0.1, -0.05) is 11.3 Å². The number of rotatable bonds is 4. The van der Waals surface area contributed by atoms with Crippen molar-refractivity contribution in [2.45, 2.75) is 18.9 Å². The topological polar surface area (TPSA) is 97.5 Å². The number of nitrogens with zero attached hydrogens (tertiary/aromatic N) is 4. The van der Waals surface area contributed by atoms with E-state index in [0.29, 0.717) is 37.2 Å². The van der Waals surface area contributed by atoms with Gasteiger partial charge >= 0.3 is 5.97 Å². The van der Waals surface area contributed by atoms with Crippen molar-refractivity contribution >= 4 is 11.9 Å². The average Bonchev–Trinajstić information content (AvgIpc) is 3.12. The number of likely N-dealkylation sites (tertiary alicyclic amines) is 1. The van der Waals surface area contributed by atoms with E-state index in [4.69, 9.17) is 9.84 Å². The molecular formula is C16H18N4O4. The molecule has 2 heterocycles. The number of hydrogen-bond donors (Lipinski definition) is 1. The number of piperidine rings is 1. The third kappa shape index (κ3) is 3.22. The third-order valence-corrected chi connectivity index (χ3v) is 4.17. The van der Waals surface area contributed by atoms with Crippen LogP contribution in [0.4, 0.5) is 0 Å². The van der Waals surface area contributed by atoms with Gasteiger partial charge in [-0.25, -0.2) is 9.48 Å². The maximum absolute atomic E-state index is 12.6. The Labute approximate surface area is 138 Å². The fraction of sp³-hybridized carbons (Fsp3) is 0.375. The highest BCUT2D eigenvalue weighted by atomic mass is 16.5. The summed E-state index contributed by atoms with van der Waals surface area (Å²) in [5, 5.41) is 16.4. The number of carbonyl (C=O) groups excluding carboxylic acids is 1. The number of aromatic nitrogens is 3. The lowest BCUT2D eigenvalue weighted by Crippen LogP contribution is -2.39. The second-order valence-corrected chi connectivity index (χ2v) is 5.64. The lowest BCUT2D eigenvalue weighted by atomic mass is 10.0. The van der Waals surface area contributed by atoms with Gasteiger partial charge in [0.1, 0.15) is 5.75 Å². The van der Waals surface area contributed by atoms with Crippen LogP contribution in [-0.2, 0) is 0 Å². The summed E-state index contributed by atoms with van der Waals surface area (Å²) in [6.07, 6.45) is 2.85. The Balaban J connectivity index is 1.63. The highest BCUT2D eigenvalue weighted by molar-refractivity contribution is 5.94. The number of hydrogen-bond acceptors (Lipinski definition) is 5. The predicted molar refractivity (Wildman–Crippen MR) is 84.1 cm³/mol. The van der Waals surface area contributed by atoms with Crippen LogP contribution in [0.5, 0.6) is 5.75 Å². The molecular weight excluding hydrogens is 312 g/mol. The standard InChI is InChI=1S/C16H18N4O4/c1-24-13-4-2-3-11(9-13)15(21)19-7-5-12(6-8-19)20-10-14(16(22)23)17-18-20/h2-4,9-10,12H,5-8H2,1H3,(H,22,23). The van der Waals surface area contributed by atoms with Gasteiger partial charge in [0.05, 0.1) is 19.3 Å². The Hall–Kier alpha value is -2.90. The van der Waals surface area contributed by atoms with Gasteiger partial charge in [-0.05, 0) is 31.0 Å². The predicted octanol–water partition coefficient (Wildman–Crippen LogP) is 1.46. The number of carboxylic acids is 1. The summed E-state index contributed by atoms with van der Waals surface area (Å²) in [6, 6.07) is 7.15. The number of carbonyl (C=O) groups is 2. The summed E-state index contributed by atoms with van der Waals surface area (Å²) in [5.74, 6) is -0.469. The van der Waals surface area contributed by atoms with Crippen LogP contribution in [0, 0.1) is 0 Å². The Bertz CT molecular complexity index is 750. The van der Waals surface area contributed by atoms with E-state index in [1.807, 2.05) is 0 Å². The van der Waals surface area contributed by atoms with Crippen LogP contribution in [-0.4, -0.2) is 57.1 Å². The Kier molecular flexibility index (Phi) is 4.45. The van der Waals surface area contributed by atoms with Crippen molar-refractivity contribution in [3.63, 3.8) is 0 Å². The number of amides is 1. The Morgan fingerprint density at radius 2 is 2.04 bits per heavy atom. The van der Waals surface area contributed by atoms with Crippen LogP contribution in [0.3, 0.4) is 0 Å². The van der Waals surface area contributed by atoms with Gasteiger partial charge in [0.25, 0.3) is 5.91 Å². The summed E-state index contributed by atoms with van der Waals surface area (Å²) in [7, 11) is 1.57. The molecule has 0 saturated carbocycles. The van der Waals surface area contributed by atoms with E-state index in [-0.39, 0.29) is 17.6 Å². The monoisotopic (exact) mass is 330 g/mol. The van der Waals surface area contributed by atoms with Crippen LogP contribution in [0.2, 0.25) is 0 Å². The molecule has 0 unspecified atom stereocenters. The molecule has 0 aliphatic carbocycles. The molecule has 0 radical (unpaired) electrons. The van der Waals surface area contributed by atoms with Crippen LogP contribution >= 0.6 is 0 Å². The van der Waals surface area contributed by atoms with Crippen molar-refractivity contribution in [2.75, 3.05) is 20.2 Å². The van der Waals surface area contributed by atoms with E-state index < -0.39 is 5.97 Å². The Morgan fingerprint density at radius 3 is 2.67 bits per heavy atom. The lowest BCUT2D eigenvalue weighted by molar-refractivity contribution is 0.0683. The zero-order valence-electron chi connectivity index (χ0n) is 13.3. The van der Waals surface area contributed by atoms with Crippen LogP contribution < -0.4 is 4.74 Å². The number of benzene rings is 1. The van der Waals surface area contributed by atoms with Crippen molar-refractivity contribution in [2.24, 2.45) is 0 Å². The number of aromatic carboxylic acids is 1. The average molecular weight is 330 g/mol. The highest BCUT2D eigenvalue weighted by Crippen LogP contribution is 2.23. The molecule has 0 atom stereocenters. The first kappa shape index (κ1) is 16.0. The largest absolute Gasteiger partial charge is 0.497 e. The van der Waals surface area contributed by atoms with E-state index in [2.05, 4.69) is 10.3 Å². The van der Waals surface area contributed by atoms with Gasteiger partial charge in [-0.3, -0.25) is 4.79 Å². The van der Waals surface area contributed by atoms with Crippen molar-refractivity contribution in [3.05, 3.63) is 41.7 Å². The van der Waals surface area contributed by atoms with Gasteiger partial charge in [0.2, 0.25) is 0 Å². The van der Waals surface area contributed by atoms with Gasteiger partial charge in [-0.2, -0.15) is 0 Å². The smallest absolute Gasteiger partial charge is 0.358 e. The molecule has 1 fully saturated rings. The van der Waals surface area contributed by atoms with E-state index in [1.54, 1.807) is 41.0 Å². The van der Waals surface area contributed by atoms with Crippen LogP contribution in [0.15, 0.2) is 30.5 Å². The van der Waals surface area contributed by atoms with Crippen molar-refractivity contribution in [3.8, 4) is 5.75 Å². The lowest BCUT2D eigenvalue weighted by Gasteiger charge is -2.31. The minimum absolute atomic E-state index is 0.0304. The quantitative estimate of drug-likeness (QED) is 0.911.